The molecule has 3 rings (SSSR count). The predicted molar refractivity (Wildman–Crippen MR) is 97.2 cm³/mol. The van der Waals surface area contributed by atoms with Gasteiger partial charge in [-0.1, -0.05) is 55.3 Å². The number of carboxylic acid groups (broad SMARTS) is 1. The Balaban J connectivity index is 1.79. The summed E-state index contributed by atoms with van der Waals surface area (Å²) in [7, 11) is 0. The number of nitrogens with one attached hydrogen (secondary N) is 1. The number of rotatable bonds is 5. The van der Waals surface area contributed by atoms with Crippen molar-refractivity contribution >= 4 is 11.9 Å². The Morgan fingerprint density at radius 3 is 2.35 bits per heavy atom. The van der Waals surface area contributed by atoms with Crippen LogP contribution in [-0.4, -0.2) is 22.5 Å². The first-order chi connectivity index (χ1) is 12.4. The van der Waals surface area contributed by atoms with Gasteiger partial charge in [-0.05, 0) is 37.0 Å². The number of benzene rings is 2. The largest absolute Gasteiger partial charge is 0.480 e. The second-order valence-electron chi connectivity index (χ2n) is 6.91. The molecule has 0 aromatic heterocycles. The van der Waals surface area contributed by atoms with Crippen molar-refractivity contribution in [2.75, 3.05) is 0 Å². The molecular weight excluding hydrogens is 333 g/mol. The monoisotopic (exact) mass is 355 g/mol. The Kier molecular flexibility index (Phi) is 5.07. The lowest BCUT2D eigenvalue weighted by molar-refractivity contribution is -0.147. The number of hydrogen-bond acceptors (Lipinski definition) is 2. The summed E-state index contributed by atoms with van der Waals surface area (Å²) in [6.45, 7) is 1.66. The van der Waals surface area contributed by atoms with Crippen LogP contribution in [0.3, 0.4) is 0 Å². The lowest BCUT2D eigenvalue weighted by atomic mass is 9.93. The smallest absolute Gasteiger partial charge is 0.329 e. The fourth-order valence-corrected chi connectivity index (χ4v) is 3.52. The zero-order valence-corrected chi connectivity index (χ0v) is 14.7. The SMILES string of the molecule is C[C@@H](C(=O)NC1(C(=O)O)CCCC1)c1ccc(-c2ccccc2)c(F)c1. The number of aliphatic carboxylic acids is 1. The van der Waals surface area contributed by atoms with Crippen molar-refractivity contribution in [3.63, 3.8) is 0 Å². The molecule has 5 heteroatoms. The second-order valence-corrected chi connectivity index (χ2v) is 6.91. The quantitative estimate of drug-likeness (QED) is 0.848. The molecular formula is C21H22FNO3. The van der Waals surface area contributed by atoms with E-state index in [1.54, 1.807) is 19.1 Å². The van der Waals surface area contributed by atoms with Gasteiger partial charge in [0.05, 0.1) is 5.92 Å². The minimum absolute atomic E-state index is 0.388. The molecule has 2 N–H and O–H groups in total. The van der Waals surface area contributed by atoms with Gasteiger partial charge >= 0.3 is 5.97 Å². The number of halogens is 1. The summed E-state index contributed by atoms with van der Waals surface area (Å²) in [6.07, 6.45) is 2.42. The minimum atomic E-state index is -1.19. The van der Waals surface area contributed by atoms with Gasteiger partial charge in [0, 0.05) is 5.56 Å². The number of amides is 1. The Labute approximate surface area is 152 Å². The van der Waals surface area contributed by atoms with Gasteiger partial charge in [-0.2, -0.15) is 0 Å². The molecule has 0 saturated heterocycles. The van der Waals surface area contributed by atoms with Gasteiger partial charge in [-0.15, -0.1) is 0 Å². The summed E-state index contributed by atoms with van der Waals surface area (Å²) < 4.78 is 14.5. The van der Waals surface area contributed by atoms with Crippen molar-refractivity contribution in [1.82, 2.24) is 5.32 Å². The normalized spacial score (nSPS) is 16.8. The van der Waals surface area contributed by atoms with Gasteiger partial charge < -0.3 is 10.4 Å². The molecule has 1 atom stereocenters. The van der Waals surface area contributed by atoms with Crippen molar-refractivity contribution in [3.8, 4) is 11.1 Å². The van der Waals surface area contributed by atoms with Crippen molar-refractivity contribution < 1.29 is 19.1 Å². The van der Waals surface area contributed by atoms with Crippen LogP contribution in [0.4, 0.5) is 4.39 Å². The van der Waals surface area contributed by atoms with E-state index in [0.717, 1.165) is 18.4 Å². The molecule has 0 heterocycles. The predicted octanol–water partition coefficient (Wildman–Crippen LogP) is 4.11. The molecule has 1 aliphatic rings. The Hall–Kier alpha value is -2.69. The first-order valence-corrected chi connectivity index (χ1v) is 8.83. The molecule has 0 radical (unpaired) electrons. The summed E-state index contributed by atoms with van der Waals surface area (Å²) in [5.41, 5.74) is 0.579. The van der Waals surface area contributed by atoms with Crippen LogP contribution in [0, 0.1) is 5.82 Å². The zero-order valence-electron chi connectivity index (χ0n) is 14.7. The van der Waals surface area contributed by atoms with Gasteiger partial charge in [0.15, 0.2) is 0 Å². The molecule has 1 fully saturated rings. The van der Waals surface area contributed by atoms with Gasteiger partial charge in [0.25, 0.3) is 0 Å². The first-order valence-electron chi connectivity index (χ1n) is 8.83. The van der Waals surface area contributed by atoms with Crippen molar-refractivity contribution in [3.05, 3.63) is 59.9 Å². The third kappa shape index (κ3) is 3.47. The van der Waals surface area contributed by atoms with E-state index in [2.05, 4.69) is 5.32 Å². The van der Waals surface area contributed by atoms with Gasteiger partial charge in [0.2, 0.25) is 5.91 Å². The topological polar surface area (TPSA) is 66.4 Å². The summed E-state index contributed by atoms with van der Waals surface area (Å²) in [5, 5.41) is 12.2. The molecule has 136 valence electrons. The van der Waals surface area contributed by atoms with E-state index in [0.29, 0.717) is 24.0 Å². The van der Waals surface area contributed by atoms with Crippen molar-refractivity contribution in [2.24, 2.45) is 0 Å². The van der Waals surface area contributed by atoms with Crippen LogP contribution in [-0.2, 0) is 9.59 Å². The standard InChI is InChI=1S/C21H22FNO3/c1-14(19(24)23-21(20(25)26)11-5-6-12-21)16-9-10-17(18(22)13-16)15-7-3-2-4-8-15/h2-4,7-10,13-14H,5-6,11-12H2,1H3,(H,23,24)(H,25,26)/t14-/m1/s1. The van der Waals surface area contributed by atoms with E-state index in [-0.39, 0.29) is 5.91 Å². The van der Waals surface area contributed by atoms with Crippen molar-refractivity contribution in [2.45, 2.75) is 44.1 Å². The minimum Gasteiger partial charge on any atom is -0.480 e. The van der Waals surface area contributed by atoms with Crippen LogP contribution in [0.5, 0.6) is 0 Å². The highest BCUT2D eigenvalue weighted by Gasteiger charge is 2.43. The molecule has 0 unspecified atom stereocenters. The maximum absolute atomic E-state index is 14.5. The van der Waals surface area contributed by atoms with Crippen LogP contribution >= 0.6 is 0 Å². The molecule has 0 spiro atoms. The zero-order chi connectivity index (χ0) is 18.7. The maximum atomic E-state index is 14.5. The summed E-state index contributed by atoms with van der Waals surface area (Å²) in [4.78, 5) is 24.2. The average Bonchev–Trinajstić information content (AvgIpc) is 3.11. The lowest BCUT2D eigenvalue weighted by Gasteiger charge is -2.27. The molecule has 0 aliphatic heterocycles. The highest BCUT2D eigenvalue weighted by Crippen LogP contribution is 2.31. The van der Waals surface area contributed by atoms with E-state index in [1.165, 1.54) is 6.07 Å². The Bertz CT molecular complexity index is 813. The number of hydrogen-bond donors (Lipinski definition) is 2. The third-order valence-corrected chi connectivity index (χ3v) is 5.20. The molecule has 1 amide bonds. The van der Waals surface area contributed by atoms with E-state index >= 15 is 0 Å². The fraction of sp³-hybridized carbons (Fsp3) is 0.333. The van der Waals surface area contributed by atoms with Crippen LogP contribution in [0.15, 0.2) is 48.5 Å². The Morgan fingerprint density at radius 2 is 1.77 bits per heavy atom. The molecule has 2 aromatic carbocycles. The molecule has 4 nitrogen and oxygen atoms in total. The summed E-state index contributed by atoms with van der Waals surface area (Å²) in [6, 6.07) is 13.9. The van der Waals surface area contributed by atoms with E-state index in [1.807, 2.05) is 30.3 Å². The van der Waals surface area contributed by atoms with Gasteiger partial charge in [0.1, 0.15) is 11.4 Å². The average molecular weight is 355 g/mol. The van der Waals surface area contributed by atoms with Crippen LogP contribution < -0.4 is 5.32 Å². The van der Waals surface area contributed by atoms with Crippen LogP contribution in [0.25, 0.3) is 11.1 Å². The third-order valence-electron chi connectivity index (χ3n) is 5.20. The van der Waals surface area contributed by atoms with Gasteiger partial charge in [-0.25, -0.2) is 9.18 Å². The molecule has 0 bridgehead atoms. The number of carbonyl (C=O) groups excluding carboxylic acids is 1. The molecule has 26 heavy (non-hydrogen) atoms. The highest BCUT2D eigenvalue weighted by molar-refractivity contribution is 5.90. The first kappa shape index (κ1) is 18.1. The van der Waals surface area contributed by atoms with Crippen molar-refractivity contribution in [1.29, 1.82) is 0 Å². The molecule has 1 saturated carbocycles. The number of carbonyl (C=O) groups is 2. The fourth-order valence-electron chi connectivity index (χ4n) is 3.52. The van der Waals surface area contributed by atoms with Crippen LogP contribution in [0.2, 0.25) is 0 Å². The molecule has 2 aromatic rings. The summed E-state index contributed by atoms with van der Waals surface area (Å²) in [5.74, 6) is -2.42. The number of carboxylic acids is 1. The van der Waals surface area contributed by atoms with E-state index < -0.39 is 23.2 Å². The Morgan fingerprint density at radius 1 is 1.12 bits per heavy atom. The van der Waals surface area contributed by atoms with Gasteiger partial charge in [-0.3, -0.25) is 4.79 Å². The summed E-state index contributed by atoms with van der Waals surface area (Å²) >= 11 is 0. The van der Waals surface area contributed by atoms with E-state index in [9.17, 15) is 19.1 Å². The maximum Gasteiger partial charge on any atom is 0.329 e. The molecule has 1 aliphatic carbocycles. The van der Waals surface area contributed by atoms with E-state index in [4.69, 9.17) is 0 Å². The lowest BCUT2D eigenvalue weighted by Crippen LogP contribution is -2.53. The second kappa shape index (κ2) is 7.28. The van der Waals surface area contributed by atoms with Crippen LogP contribution in [0.1, 0.15) is 44.1 Å². The highest BCUT2D eigenvalue weighted by atomic mass is 19.1.